The molecule has 0 bridgehead atoms. The molecule has 0 aromatic rings. The van der Waals surface area contributed by atoms with Crippen LogP contribution >= 0.6 is 0 Å². The van der Waals surface area contributed by atoms with Crippen LogP contribution in [0.1, 0.15) is 27.2 Å². The molecular formula is C12H22O4. The van der Waals surface area contributed by atoms with Gasteiger partial charge < -0.3 is 14.6 Å². The maximum atomic E-state index is 11.8. The Balaban J connectivity index is 2.87. The van der Waals surface area contributed by atoms with Gasteiger partial charge in [-0.2, -0.15) is 0 Å². The number of aliphatic hydroxyl groups is 1. The Morgan fingerprint density at radius 1 is 1.50 bits per heavy atom. The molecular weight excluding hydrogens is 208 g/mol. The lowest BCUT2D eigenvalue weighted by molar-refractivity contribution is -0.177. The number of ether oxygens (including phenoxy) is 2. The van der Waals surface area contributed by atoms with Crippen molar-refractivity contribution in [3.05, 3.63) is 0 Å². The Bertz CT molecular complexity index is 245. The van der Waals surface area contributed by atoms with Gasteiger partial charge in [0.15, 0.2) is 5.60 Å². The van der Waals surface area contributed by atoms with Gasteiger partial charge in [-0.1, -0.05) is 20.8 Å². The van der Waals surface area contributed by atoms with Gasteiger partial charge in [-0.3, -0.25) is 0 Å². The minimum Gasteiger partial charge on any atom is -0.467 e. The number of hydrogen-bond donors (Lipinski definition) is 1. The molecule has 0 aliphatic carbocycles. The third-order valence-corrected chi connectivity index (χ3v) is 3.76. The van der Waals surface area contributed by atoms with Crippen LogP contribution in [0.5, 0.6) is 0 Å². The predicted molar refractivity (Wildman–Crippen MR) is 59.9 cm³/mol. The zero-order valence-corrected chi connectivity index (χ0v) is 10.5. The molecule has 4 nitrogen and oxygen atoms in total. The zero-order chi connectivity index (χ0) is 12.3. The van der Waals surface area contributed by atoms with Gasteiger partial charge in [0.1, 0.15) is 0 Å². The van der Waals surface area contributed by atoms with E-state index in [-0.39, 0.29) is 17.8 Å². The summed E-state index contributed by atoms with van der Waals surface area (Å²) in [6, 6.07) is 0. The normalized spacial score (nSPS) is 26.5. The molecule has 0 amide bonds. The number of carbonyl (C=O) groups excluding carboxylic acids is 1. The third kappa shape index (κ3) is 2.23. The average molecular weight is 230 g/mol. The van der Waals surface area contributed by atoms with E-state index in [2.05, 4.69) is 0 Å². The summed E-state index contributed by atoms with van der Waals surface area (Å²) < 4.78 is 10.0. The molecule has 1 aliphatic heterocycles. The van der Waals surface area contributed by atoms with Crippen LogP contribution in [0.2, 0.25) is 0 Å². The van der Waals surface area contributed by atoms with Gasteiger partial charge in [-0.15, -0.1) is 0 Å². The number of carbonyl (C=O) groups is 1. The lowest BCUT2D eigenvalue weighted by Crippen LogP contribution is -2.52. The Morgan fingerprint density at radius 3 is 2.50 bits per heavy atom. The van der Waals surface area contributed by atoms with Crippen LogP contribution in [0.3, 0.4) is 0 Å². The molecule has 1 heterocycles. The van der Waals surface area contributed by atoms with Crippen LogP contribution in [0.15, 0.2) is 0 Å². The largest absolute Gasteiger partial charge is 0.467 e. The molecule has 0 saturated carbocycles. The van der Waals surface area contributed by atoms with E-state index >= 15 is 0 Å². The first-order chi connectivity index (χ1) is 7.44. The molecule has 1 rings (SSSR count). The molecule has 0 spiro atoms. The SMILES string of the molecule is COC(=O)C(O)(C(C)C)C(C)C1CCOC1. The second kappa shape index (κ2) is 5.15. The van der Waals surface area contributed by atoms with E-state index < -0.39 is 11.6 Å². The Morgan fingerprint density at radius 2 is 2.12 bits per heavy atom. The van der Waals surface area contributed by atoms with Crippen molar-refractivity contribution in [3.8, 4) is 0 Å². The van der Waals surface area contributed by atoms with E-state index in [9.17, 15) is 9.90 Å². The maximum Gasteiger partial charge on any atom is 0.338 e. The molecule has 1 N–H and O–H groups in total. The summed E-state index contributed by atoms with van der Waals surface area (Å²) >= 11 is 0. The highest BCUT2D eigenvalue weighted by Gasteiger charge is 2.49. The van der Waals surface area contributed by atoms with Crippen molar-refractivity contribution in [2.45, 2.75) is 32.8 Å². The minimum atomic E-state index is -1.41. The smallest absolute Gasteiger partial charge is 0.338 e. The van der Waals surface area contributed by atoms with Gasteiger partial charge in [0.2, 0.25) is 0 Å². The van der Waals surface area contributed by atoms with Gasteiger partial charge in [-0.25, -0.2) is 4.79 Å². The van der Waals surface area contributed by atoms with E-state index in [1.165, 1.54) is 7.11 Å². The summed E-state index contributed by atoms with van der Waals surface area (Å²) in [6.45, 7) is 6.90. The molecule has 0 aromatic heterocycles. The Labute approximate surface area is 96.9 Å². The average Bonchev–Trinajstić information content (AvgIpc) is 2.78. The van der Waals surface area contributed by atoms with Crippen molar-refractivity contribution in [2.75, 3.05) is 20.3 Å². The number of rotatable bonds is 4. The first kappa shape index (κ1) is 13.5. The standard InChI is InChI=1S/C12H22O4/c1-8(2)12(14,11(13)15-4)9(3)10-5-6-16-7-10/h8-10,14H,5-7H2,1-4H3. The van der Waals surface area contributed by atoms with Gasteiger partial charge in [-0.05, 0) is 18.3 Å². The number of hydrogen-bond acceptors (Lipinski definition) is 4. The lowest BCUT2D eigenvalue weighted by atomic mass is 9.73. The summed E-state index contributed by atoms with van der Waals surface area (Å²) in [4.78, 5) is 11.8. The highest BCUT2D eigenvalue weighted by molar-refractivity contribution is 5.80. The van der Waals surface area contributed by atoms with Crippen molar-refractivity contribution in [1.29, 1.82) is 0 Å². The summed E-state index contributed by atoms with van der Waals surface area (Å²) in [6.07, 6.45) is 0.896. The Hall–Kier alpha value is -0.610. The van der Waals surface area contributed by atoms with Crippen molar-refractivity contribution in [3.63, 3.8) is 0 Å². The number of esters is 1. The van der Waals surface area contributed by atoms with Crippen molar-refractivity contribution < 1.29 is 19.4 Å². The Kier molecular flexibility index (Phi) is 4.33. The van der Waals surface area contributed by atoms with Gasteiger partial charge in [0.25, 0.3) is 0 Å². The van der Waals surface area contributed by atoms with E-state index in [0.29, 0.717) is 13.2 Å². The molecule has 4 heteroatoms. The topological polar surface area (TPSA) is 55.8 Å². The molecule has 1 fully saturated rings. The summed E-state index contributed by atoms with van der Waals surface area (Å²) in [5.41, 5.74) is -1.41. The quantitative estimate of drug-likeness (QED) is 0.738. The van der Waals surface area contributed by atoms with Crippen LogP contribution < -0.4 is 0 Å². The zero-order valence-electron chi connectivity index (χ0n) is 10.5. The van der Waals surface area contributed by atoms with Gasteiger partial charge >= 0.3 is 5.97 Å². The molecule has 1 aliphatic rings. The maximum absolute atomic E-state index is 11.8. The van der Waals surface area contributed by atoms with E-state index in [1.54, 1.807) is 0 Å². The highest BCUT2D eigenvalue weighted by Crippen LogP contribution is 2.36. The van der Waals surface area contributed by atoms with Crippen LogP contribution in [0.25, 0.3) is 0 Å². The van der Waals surface area contributed by atoms with Crippen LogP contribution in [0, 0.1) is 17.8 Å². The van der Waals surface area contributed by atoms with E-state index in [0.717, 1.165) is 6.42 Å². The second-order valence-electron chi connectivity index (χ2n) is 4.88. The van der Waals surface area contributed by atoms with E-state index in [4.69, 9.17) is 9.47 Å². The highest BCUT2D eigenvalue weighted by atomic mass is 16.5. The first-order valence-corrected chi connectivity index (χ1v) is 5.83. The summed E-state index contributed by atoms with van der Waals surface area (Å²) in [7, 11) is 1.31. The lowest BCUT2D eigenvalue weighted by Gasteiger charge is -2.37. The molecule has 0 aromatic carbocycles. The summed E-state index contributed by atoms with van der Waals surface area (Å²) in [5, 5.41) is 10.6. The second-order valence-corrected chi connectivity index (χ2v) is 4.88. The van der Waals surface area contributed by atoms with Gasteiger partial charge in [0.05, 0.1) is 7.11 Å². The predicted octanol–water partition coefficient (Wildman–Crippen LogP) is 1.22. The fraction of sp³-hybridized carbons (Fsp3) is 0.917. The van der Waals surface area contributed by atoms with Crippen molar-refractivity contribution in [2.24, 2.45) is 17.8 Å². The minimum absolute atomic E-state index is 0.151. The van der Waals surface area contributed by atoms with Crippen LogP contribution in [-0.4, -0.2) is 37.0 Å². The van der Waals surface area contributed by atoms with Crippen LogP contribution in [0.4, 0.5) is 0 Å². The molecule has 1 saturated heterocycles. The fourth-order valence-electron chi connectivity index (χ4n) is 2.42. The monoisotopic (exact) mass is 230 g/mol. The van der Waals surface area contributed by atoms with Crippen molar-refractivity contribution in [1.82, 2.24) is 0 Å². The summed E-state index contributed by atoms with van der Waals surface area (Å²) in [5.74, 6) is -0.633. The van der Waals surface area contributed by atoms with E-state index in [1.807, 2.05) is 20.8 Å². The molecule has 3 unspecified atom stereocenters. The van der Waals surface area contributed by atoms with Gasteiger partial charge in [0, 0.05) is 19.1 Å². The number of methoxy groups -OCH3 is 1. The first-order valence-electron chi connectivity index (χ1n) is 5.83. The molecule has 16 heavy (non-hydrogen) atoms. The van der Waals surface area contributed by atoms with Crippen molar-refractivity contribution >= 4 is 5.97 Å². The van der Waals surface area contributed by atoms with Crippen LogP contribution in [-0.2, 0) is 14.3 Å². The molecule has 3 atom stereocenters. The fourth-order valence-corrected chi connectivity index (χ4v) is 2.42. The molecule has 94 valence electrons. The molecule has 0 radical (unpaired) electrons. The third-order valence-electron chi connectivity index (χ3n) is 3.76.